The first-order valence-corrected chi connectivity index (χ1v) is 9.18. The lowest BCUT2D eigenvalue weighted by Crippen LogP contribution is -2.55. The van der Waals surface area contributed by atoms with E-state index in [9.17, 15) is 4.79 Å². The first kappa shape index (κ1) is 18.5. The molecule has 0 unspecified atom stereocenters. The van der Waals surface area contributed by atoms with Crippen molar-refractivity contribution in [2.45, 2.75) is 47.3 Å². The third kappa shape index (κ3) is 3.75. The van der Waals surface area contributed by atoms with Gasteiger partial charge in [0.1, 0.15) is 11.9 Å². The van der Waals surface area contributed by atoms with Crippen LogP contribution in [0.5, 0.6) is 5.75 Å². The number of carbonyl (C=O) groups is 1. The predicted octanol–water partition coefficient (Wildman–Crippen LogP) is 2.84. The summed E-state index contributed by atoms with van der Waals surface area (Å²) >= 11 is 0. The zero-order chi connectivity index (χ0) is 18.8. The molecule has 1 saturated heterocycles. The van der Waals surface area contributed by atoms with E-state index in [1.54, 1.807) is 0 Å². The van der Waals surface area contributed by atoms with Gasteiger partial charge in [-0.1, -0.05) is 18.2 Å². The minimum absolute atomic E-state index is 0.00243. The van der Waals surface area contributed by atoms with Crippen LogP contribution in [-0.2, 0) is 11.3 Å². The molecule has 0 atom stereocenters. The molecule has 0 radical (unpaired) electrons. The number of carbonyl (C=O) groups excluding carboxylic acids is 1. The van der Waals surface area contributed by atoms with Gasteiger partial charge < -0.3 is 10.1 Å². The van der Waals surface area contributed by atoms with Crippen molar-refractivity contribution in [1.29, 1.82) is 0 Å². The molecule has 1 aliphatic heterocycles. The van der Waals surface area contributed by atoms with Gasteiger partial charge in [-0.05, 0) is 45.7 Å². The predicted molar refractivity (Wildman–Crippen MR) is 103 cm³/mol. The Kier molecular flexibility index (Phi) is 5.32. The highest BCUT2D eigenvalue weighted by Crippen LogP contribution is 2.26. The Morgan fingerprint density at radius 1 is 1.23 bits per heavy atom. The number of hydrogen-bond acceptors (Lipinski definition) is 4. The summed E-state index contributed by atoms with van der Waals surface area (Å²) in [6, 6.07) is 6.17. The molecule has 2 heterocycles. The summed E-state index contributed by atoms with van der Waals surface area (Å²) in [4.78, 5) is 14.5. The fourth-order valence-electron chi connectivity index (χ4n) is 3.45. The number of anilines is 1. The highest BCUT2D eigenvalue weighted by atomic mass is 16.5. The molecule has 1 aromatic heterocycles. The van der Waals surface area contributed by atoms with Gasteiger partial charge in [0, 0.05) is 19.6 Å². The van der Waals surface area contributed by atoms with E-state index in [4.69, 9.17) is 4.74 Å². The lowest BCUT2D eigenvalue weighted by atomic mass is 10.1. The van der Waals surface area contributed by atoms with Crippen molar-refractivity contribution in [3.63, 3.8) is 0 Å². The second-order valence-corrected chi connectivity index (χ2v) is 7.06. The SMILES string of the molecule is CCn1nc(C)c(NC(=O)CN2CC(Oc3c(C)cccc3C)C2)c1C. The van der Waals surface area contributed by atoms with Crippen LogP contribution in [0.4, 0.5) is 5.69 Å². The fourth-order valence-corrected chi connectivity index (χ4v) is 3.45. The molecule has 1 amide bonds. The monoisotopic (exact) mass is 356 g/mol. The first-order valence-electron chi connectivity index (χ1n) is 9.18. The van der Waals surface area contributed by atoms with E-state index >= 15 is 0 Å². The molecule has 0 spiro atoms. The van der Waals surface area contributed by atoms with Gasteiger partial charge in [-0.3, -0.25) is 14.4 Å². The van der Waals surface area contributed by atoms with Crippen LogP contribution in [-0.4, -0.2) is 46.3 Å². The Morgan fingerprint density at radius 3 is 2.46 bits per heavy atom. The molecule has 0 saturated carbocycles. The van der Waals surface area contributed by atoms with E-state index < -0.39 is 0 Å². The maximum Gasteiger partial charge on any atom is 0.238 e. The Hall–Kier alpha value is -2.34. The van der Waals surface area contributed by atoms with Crippen LogP contribution < -0.4 is 10.1 Å². The third-order valence-corrected chi connectivity index (χ3v) is 4.93. The molecule has 1 fully saturated rings. The van der Waals surface area contributed by atoms with Crippen molar-refractivity contribution in [2.24, 2.45) is 0 Å². The summed E-state index contributed by atoms with van der Waals surface area (Å²) in [5, 5.41) is 7.45. The van der Waals surface area contributed by atoms with Gasteiger partial charge in [-0.2, -0.15) is 5.10 Å². The van der Waals surface area contributed by atoms with E-state index in [0.29, 0.717) is 6.54 Å². The minimum Gasteiger partial charge on any atom is -0.487 e. The Bertz CT molecular complexity index is 786. The Labute approximate surface area is 155 Å². The largest absolute Gasteiger partial charge is 0.487 e. The molecular formula is C20H28N4O2. The normalized spacial score (nSPS) is 15.0. The first-order chi connectivity index (χ1) is 12.4. The molecule has 26 heavy (non-hydrogen) atoms. The van der Waals surface area contributed by atoms with Gasteiger partial charge in [-0.25, -0.2) is 0 Å². The maximum absolute atomic E-state index is 12.4. The van der Waals surface area contributed by atoms with Crippen LogP contribution >= 0.6 is 0 Å². The topological polar surface area (TPSA) is 59.4 Å². The van der Waals surface area contributed by atoms with Crippen molar-refractivity contribution in [3.8, 4) is 5.75 Å². The number of nitrogens with zero attached hydrogens (tertiary/aromatic N) is 3. The highest BCUT2D eigenvalue weighted by Gasteiger charge is 2.30. The third-order valence-electron chi connectivity index (χ3n) is 4.93. The molecule has 3 rings (SSSR count). The molecule has 0 bridgehead atoms. The summed E-state index contributed by atoms with van der Waals surface area (Å²) in [5.41, 5.74) is 5.00. The lowest BCUT2D eigenvalue weighted by molar-refractivity contribution is -0.119. The lowest BCUT2D eigenvalue weighted by Gasteiger charge is -2.39. The molecule has 1 aromatic carbocycles. The summed E-state index contributed by atoms with van der Waals surface area (Å²) < 4.78 is 8.02. The second kappa shape index (κ2) is 7.50. The molecule has 0 aliphatic carbocycles. The molecule has 1 aliphatic rings. The summed E-state index contributed by atoms with van der Waals surface area (Å²) in [6.45, 7) is 12.8. The number of para-hydroxylation sites is 1. The standard InChI is InChI=1S/C20H28N4O2/c1-6-24-16(5)19(15(4)22-24)21-18(25)12-23-10-17(11-23)26-20-13(2)8-7-9-14(20)3/h7-9,17H,6,10-12H2,1-5H3,(H,21,25). The van der Waals surface area contributed by atoms with E-state index in [0.717, 1.165) is 53.6 Å². The second-order valence-electron chi connectivity index (χ2n) is 7.06. The fraction of sp³-hybridized carbons (Fsp3) is 0.500. The molecular weight excluding hydrogens is 328 g/mol. The van der Waals surface area contributed by atoms with Gasteiger partial charge in [-0.15, -0.1) is 0 Å². The number of benzene rings is 1. The van der Waals surface area contributed by atoms with E-state index in [1.807, 2.05) is 31.5 Å². The number of amides is 1. The molecule has 140 valence electrons. The zero-order valence-corrected chi connectivity index (χ0v) is 16.3. The summed E-state index contributed by atoms with van der Waals surface area (Å²) in [5.74, 6) is 0.970. The average molecular weight is 356 g/mol. The number of aryl methyl sites for hydroxylation is 4. The van der Waals surface area contributed by atoms with Gasteiger partial charge >= 0.3 is 0 Å². The number of nitrogens with one attached hydrogen (secondary N) is 1. The van der Waals surface area contributed by atoms with Gasteiger partial charge in [0.15, 0.2) is 0 Å². The molecule has 6 heteroatoms. The van der Waals surface area contributed by atoms with Crippen molar-refractivity contribution in [1.82, 2.24) is 14.7 Å². The van der Waals surface area contributed by atoms with Crippen LogP contribution in [0.1, 0.15) is 29.4 Å². The quantitative estimate of drug-likeness (QED) is 0.865. The van der Waals surface area contributed by atoms with E-state index in [1.165, 1.54) is 0 Å². The number of likely N-dealkylation sites (tertiary alicyclic amines) is 1. The van der Waals surface area contributed by atoms with Crippen LogP contribution in [0, 0.1) is 27.7 Å². The summed E-state index contributed by atoms with van der Waals surface area (Å²) in [7, 11) is 0. The van der Waals surface area contributed by atoms with Crippen LogP contribution in [0.25, 0.3) is 0 Å². The Balaban J connectivity index is 1.50. The number of hydrogen-bond donors (Lipinski definition) is 1. The molecule has 1 N–H and O–H groups in total. The van der Waals surface area contributed by atoms with Crippen LogP contribution in [0.3, 0.4) is 0 Å². The van der Waals surface area contributed by atoms with E-state index in [-0.39, 0.29) is 12.0 Å². The smallest absolute Gasteiger partial charge is 0.238 e. The summed E-state index contributed by atoms with van der Waals surface area (Å²) in [6.07, 6.45) is 0.147. The van der Waals surface area contributed by atoms with Gasteiger partial charge in [0.05, 0.1) is 23.6 Å². The minimum atomic E-state index is -0.00243. The van der Waals surface area contributed by atoms with Crippen molar-refractivity contribution >= 4 is 11.6 Å². The number of ether oxygens (including phenoxy) is 1. The number of rotatable bonds is 6. The number of aromatic nitrogens is 2. The Morgan fingerprint density at radius 2 is 1.88 bits per heavy atom. The maximum atomic E-state index is 12.4. The molecule has 6 nitrogen and oxygen atoms in total. The highest BCUT2D eigenvalue weighted by molar-refractivity contribution is 5.93. The van der Waals surface area contributed by atoms with Crippen molar-refractivity contribution < 1.29 is 9.53 Å². The van der Waals surface area contributed by atoms with Crippen LogP contribution in [0.15, 0.2) is 18.2 Å². The van der Waals surface area contributed by atoms with Crippen molar-refractivity contribution in [3.05, 3.63) is 40.7 Å². The van der Waals surface area contributed by atoms with Crippen molar-refractivity contribution in [2.75, 3.05) is 25.0 Å². The van der Waals surface area contributed by atoms with E-state index in [2.05, 4.69) is 41.3 Å². The average Bonchev–Trinajstić information content (AvgIpc) is 2.83. The van der Waals surface area contributed by atoms with Gasteiger partial charge in [0.2, 0.25) is 5.91 Å². The van der Waals surface area contributed by atoms with Gasteiger partial charge in [0.25, 0.3) is 0 Å². The zero-order valence-electron chi connectivity index (χ0n) is 16.3. The van der Waals surface area contributed by atoms with Crippen LogP contribution in [0.2, 0.25) is 0 Å². The molecule has 2 aromatic rings.